The highest BCUT2D eigenvalue weighted by Crippen LogP contribution is 2.11. The maximum Gasteiger partial charge on any atom is 0.138 e. The van der Waals surface area contributed by atoms with Crippen LogP contribution in [-0.4, -0.2) is 11.7 Å². The predicted molar refractivity (Wildman–Crippen MR) is 61.8 cm³/mol. The maximum absolute atomic E-state index is 5.10. The fourth-order valence-corrected chi connectivity index (χ4v) is 1.60. The Hall–Kier alpha value is -0.830. The predicted octanol–water partition coefficient (Wildman–Crippen LogP) is 2.82. The van der Waals surface area contributed by atoms with Gasteiger partial charge in [0.15, 0.2) is 0 Å². The van der Waals surface area contributed by atoms with Crippen LogP contribution in [0.1, 0.15) is 43.7 Å². The van der Waals surface area contributed by atoms with E-state index in [-0.39, 0.29) is 0 Å². The quantitative estimate of drug-likeness (QED) is 0.734. The monoisotopic (exact) mass is 210 g/mol. The van der Waals surface area contributed by atoms with Crippen molar-refractivity contribution in [1.82, 2.24) is 10.5 Å². The average Bonchev–Trinajstić information content (AvgIpc) is 2.47. The van der Waals surface area contributed by atoms with Gasteiger partial charge in [-0.15, -0.1) is 0 Å². The third-order valence-electron chi connectivity index (χ3n) is 2.62. The van der Waals surface area contributed by atoms with Crippen LogP contribution in [0, 0.1) is 19.8 Å². The highest BCUT2D eigenvalue weighted by atomic mass is 16.5. The van der Waals surface area contributed by atoms with Crippen LogP contribution in [0.3, 0.4) is 0 Å². The van der Waals surface area contributed by atoms with E-state index in [4.69, 9.17) is 4.52 Å². The van der Waals surface area contributed by atoms with Crippen molar-refractivity contribution in [3.05, 3.63) is 17.0 Å². The van der Waals surface area contributed by atoms with Crippen molar-refractivity contribution in [3.8, 4) is 0 Å². The van der Waals surface area contributed by atoms with Gasteiger partial charge in [0.2, 0.25) is 0 Å². The molecule has 86 valence electrons. The third-order valence-corrected chi connectivity index (χ3v) is 2.62. The van der Waals surface area contributed by atoms with Gasteiger partial charge in [0, 0.05) is 12.1 Å². The number of hydrogen-bond donors (Lipinski definition) is 1. The second-order valence-corrected chi connectivity index (χ2v) is 4.52. The average molecular weight is 210 g/mol. The molecule has 0 aliphatic heterocycles. The Bertz CT molecular complexity index is 272. The highest BCUT2D eigenvalue weighted by Gasteiger charge is 2.07. The van der Waals surface area contributed by atoms with E-state index >= 15 is 0 Å². The molecule has 3 heteroatoms. The van der Waals surface area contributed by atoms with Crippen LogP contribution in [0.2, 0.25) is 0 Å². The molecule has 0 spiro atoms. The van der Waals surface area contributed by atoms with Crippen LogP contribution < -0.4 is 5.32 Å². The van der Waals surface area contributed by atoms with Crippen LogP contribution >= 0.6 is 0 Å². The fraction of sp³-hybridized carbons (Fsp3) is 0.750. The normalized spacial score (nSPS) is 11.3. The summed E-state index contributed by atoms with van der Waals surface area (Å²) in [7, 11) is 0. The Morgan fingerprint density at radius 3 is 2.60 bits per heavy atom. The molecule has 0 aliphatic rings. The molecule has 1 heterocycles. The highest BCUT2D eigenvalue weighted by molar-refractivity contribution is 5.20. The number of nitrogens with zero attached hydrogens (tertiary/aromatic N) is 1. The molecule has 15 heavy (non-hydrogen) atoms. The molecule has 0 unspecified atom stereocenters. The lowest BCUT2D eigenvalue weighted by molar-refractivity contribution is 0.391. The first-order valence-corrected chi connectivity index (χ1v) is 5.73. The largest absolute Gasteiger partial charge is 0.361 e. The Balaban J connectivity index is 2.20. The molecule has 1 rings (SSSR count). The van der Waals surface area contributed by atoms with Crippen LogP contribution in [-0.2, 0) is 6.54 Å². The zero-order valence-corrected chi connectivity index (χ0v) is 10.3. The van der Waals surface area contributed by atoms with E-state index in [1.165, 1.54) is 18.4 Å². The van der Waals surface area contributed by atoms with Crippen LogP contribution in [0.4, 0.5) is 0 Å². The van der Waals surface area contributed by atoms with Gasteiger partial charge in [-0.25, -0.2) is 0 Å². The van der Waals surface area contributed by atoms with Gasteiger partial charge in [-0.05, 0) is 39.2 Å². The van der Waals surface area contributed by atoms with Crippen molar-refractivity contribution in [2.24, 2.45) is 5.92 Å². The summed E-state index contributed by atoms with van der Waals surface area (Å²) in [5, 5.41) is 7.35. The van der Waals surface area contributed by atoms with E-state index in [1.807, 2.05) is 13.8 Å². The molecule has 0 amide bonds. The molecule has 0 radical (unpaired) electrons. The molecular weight excluding hydrogens is 188 g/mol. The Labute approximate surface area is 92.2 Å². The summed E-state index contributed by atoms with van der Waals surface area (Å²) in [4.78, 5) is 0. The lowest BCUT2D eigenvalue weighted by Crippen LogP contribution is -2.16. The van der Waals surface area contributed by atoms with Crippen molar-refractivity contribution >= 4 is 0 Å². The molecule has 0 aliphatic carbocycles. The number of nitrogens with one attached hydrogen (secondary N) is 1. The Morgan fingerprint density at radius 1 is 1.33 bits per heavy atom. The van der Waals surface area contributed by atoms with Crippen molar-refractivity contribution in [2.75, 3.05) is 6.54 Å². The van der Waals surface area contributed by atoms with E-state index in [2.05, 4.69) is 24.3 Å². The molecule has 0 fully saturated rings. The standard InChI is InChI=1S/C12H22N2O/c1-9(2)6-5-7-13-8-12-10(3)14-15-11(12)4/h9,13H,5-8H2,1-4H3. The minimum atomic E-state index is 0.797. The lowest BCUT2D eigenvalue weighted by atomic mass is 10.1. The number of aryl methyl sites for hydroxylation is 2. The van der Waals surface area contributed by atoms with E-state index in [1.54, 1.807) is 0 Å². The van der Waals surface area contributed by atoms with Crippen molar-refractivity contribution < 1.29 is 4.52 Å². The lowest BCUT2D eigenvalue weighted by Gasteiger charge is -2.06. The van der Waals surface area contributed by atoms with Crippen LogP contribution in [0.15, 0.2) is 4.52 Å². The summed E-state index contributed by atoms with van der Waals surface area (Å²) in [6, 6.07) is 0. The first-order chi connectivity index (χ1) is 7.11. The van der Waals surface area contributed by atoms with E-state index in [0.29, 0.717) is 0 Å². The van der Waals surface area contributed by atoms with E-state index in [9.17, 15) is 0 Å². The minimum Gasteiger partial charge on any atom is -0.361 e. The Kier molecular flexibility index (Phi) is 4.82. The first kappa shape index (κ1) is 12.2. The summed E-state index contributed by atoms with van der Waals surface area (Å²) in [5.41, 5.74) is 2.21. The smallest absolute Gasteiger partial charge is 0.138 e. The molecule has 0 aromatic carbocycles. The number of aromatic nitrogens is 1. The van der Waals surface area contributed by atoms with E-state index in [0.717, 1.165) is 30.5 Å². The first-order valence-electron chi connectivity index (χ1n) is 5.73. The van der Waals surface area contributed by atoms with Gasteiger partial charge in [0.1, 0.15) is 5.76 Å². The number of hydrogen-bond acceptors (Lipinski definition) is 3. The van der Waals surface area contributed by atoms with Crippen molar-refractivity contribution in [1.29, 1.82) is 0 Å². The van der Waals surface area contributed by atoms with Gasteiger partial charge >= 0.3 is 0 Å². The van der Waals surface area contributed by atoms with Crippen molar-refractivity contribution in [3.63, 3.8) is 0 Å². The SMILES string of the molecule is Cc1noc(C)c1CNCCCC(C)C. The molecule has 0 atom stereocenters. The molecule has 0 saturated heterocycles. The van der Waals surface area contributed by atoms with Crippen molar-refractivity contribution in [2.45, 2.75) is 47.1 Å². The summed E-state index contributed by atoms with van der Waals surface area (Å²) in [5.74, 6) is 1.73. The zero-order valence-electron chi connectivity index (χ0n) is 10.3. The third kappa shape index (κ3) is 4.04. The van der Waals surface area contributed by atoms with Gasteiger partial charge in [-0.3, -0.25) is 0 Å². The number of rotatable bonds is 6. The van der Waals surface area contributed by atoms with Gasteiger partial charge in [-0.2, -0.15) is 0 Å². The molecule has 1 aromatic rings. The molecule has 1 N–H and O–H groups in total. The fourth-order valence-electron chi connectivity index (χ4n) is 1.60. The molecule has 1 aromatic heterocycles. The topological polar surface area (TPSA) is 38.1 Å². The molecular formula is C12H22N2O. The second kappa shape index (κ2) is 5.91. The van der Waals surface area contributed by atoms with Gasteiger partial charge in [0.05, 0.1) is 5.69 Å². The van der Waals surface area contributed by atoms with E-state index < -0.39 is 0 Å². The molecule has 0 bridgehead atoms. The summed E-state index contributed by atoms with van der Waals surface area (Å²) in [6.45, 7) is 10.4. The summed E-state index contributed by atoms with van der Waals surface area (Å²) < 4.78 is 5.10. The van der Waals surface area contributed by atoms with Gasteiger partial charge in [0.25, 0.3) is 0 Å². The maximum atomic E-state index is 5.10. The second-order valence-electron chi connectivity index (χ2n) is 4.52. The van der Waals surface area contributed by atoms with Crippen LogP contribution in [0.25, 0.3) is 0 Å². The van der Waals surface area contributed by atoms with Gasteiger partial charge < -0.3 is 9.84 Å². The molecule has 3 nitrogen and oxygen atoms in total. The van der Waals surface area contributed by atoms with Gasteiger partial charge in [-0.1, -0.05) is 19.0 Å². The minimum absolute atomic E-state index is 0.797. The van der Waals surface area contributed by atoms with Crippen LogP contribution in [0.5, 0.6) is 0 Å². The Morgan fingerprint density at radius 2 is 2.07 bits per heavy atom. The summed E-state index contributed by atoms with van der Waals surface area (Å²) >= 11 is 0. The summed E-state index contributed by atoms with van der Waals surface area (Å²) in [6.07, 6.45) is 2.52. The molecule has 0 saturated carbocycles. The zero-order chi connectivity index (χ0) is 11.3.